The van der Waals surface area contributed by atoms with Gasteiger partial charge in [-0.1, -0.05) is 6.92 Å². The summed E-state index contributed by atoms with van der Waals surface area (Å²) in [5.74, 6) is 0.528. The van der Waals surface area contributed by atoms with Crippen molar-refractivity contribution in [3.8, 4) is 0 Å². The van der Waals surface area contributed by atoms with E-state index in [0.717, 1.165) is 19.5 Å². The summed E-state index contributed by atoms with van der Waals surface area (Å²) in [7, 11) is -3.16. The number of hydrogen-bond acceptors (Lipinski definition) is 3. The first-order valence-electron chi connectivity index (χ1n) is 6.38. The molecule has 6 heteroatoms. The molecule has 0 aromatic carbocycles. The van der Waals surface area contributed by atoms with Crippen LogP contribution in [0.25, 0.3) is 0 Å². The third kappa shape index (κ3) is 3.86. The lowest BCUT2D eigenvalue weighted by atomic mass is 10.2. The van der Waals surface area contributed by atoms with E-state index >= 15 is 0 Å². The van der Waals surface area contributed by atoms with Gasteiger partial charge < -0.3 is 10.2 Å². The summed E-state index contributed by atoms with van der Waals surface area (Å²) in [6.07, 6.45) is 1.02. The number of urea groups is 1. The summed E-state index contributed by atoms with van der Waals surface area (Å²) in [6.45, 7) is 8.84. The van der Waals surface area contributed by atoms with Crippen molar-refractivity contribution in [3.63, 3.8) is 0 Å². The SMILES string of the molecule is CC1CCN(C(=O)NCCS(=O)(=O)C(C)(C)C)C1. The van der Waals surface area contributed by atoms with Gasteiger partial charge in [0.05, 0.1) is 10.5 Å². The Hall–Kier alpha value is -0.780. The molecule has 18 heavy (non-hydrogen) atoms. The van der Waals surface area contributed by atoms with Crippen LogP contribution in [0.3, 0.4) is 0 Å². The molecule has 0 spiro atoms. The molecular formula is C12H24N2O3S. The minimum atomic E-state index is -3.16. The fourth-order valence-corrected chi connectivity index (χ4v) is 2.81. The summed E-state index contributed by atoms with van der Waals surface area (Å²) in [5, 5.41) is 2.68. The number of amides is 2. The Morgan fingerprint density at radius 2 is 2.00 bits per heavy atom. The standard InChI is InChI=1S/C12H24N2O3S/c1-10-5-7-14(9-10)11(15)13-6-8-18(16,17)12(2,3)4/h10H,5-9H2,1-4H3,(H,13,15). The maximum atomic E-state index is 11.8. The van der Waals surface area contributed by atoms with Gasteiger partial charge in [-0.3, -0.25) is 0 Å². The molecule has 0 aliphatic carbocycles. The predicted octanol–water partition coefficient (Wildman–Crippen LogP) is 1.25. The van der Waals surface area contributed by atoms with E-state index < -0.39 is 14.6 Å². The summed E-state index contributed by atoms with van der Waals surface area (Å²) < 4.78 is 22.9. The van der Waals surface area contributed by atoms with Gasteiger partial charge in [-0.05, 0) is 33.1 Å². The van der Waals surface area contributed by atoms with Crippen LogP contribution in [0.15, 0.2) is 0 Å². The minimum Gasteiger partial charge on any atom is -0.337 e. The van der Waals surface area contributed by atoms with Crippen LogP contribution in [0.2, 0.25) is 0 Å². The topological polar surface area (TPSA) is 66.5 Å². The molecule has 1 saturated heterocycles. The molecule has 1 rings (SSSR count). The van der Waals surface area contributed by atoms with E-state index in [4.69, 9.17) is 0 Å². The van der Waals surface area contributed by atoms with Crippen LogP contribution in [-0.4, -0.2) is 49.5 Å². The van der Waals surface area contributed by atoms with E-state index in [1.165, 1.54) is 0 Å². The Morgan fingerprint density at radius 3 is 2.44 bits per heavy atom. The second-order valence-corrected chi connectivity index (χ2v) is 8.87. The van der Waals surface area contributed by atoms with Gasteiger partial charge >= 0.3 is 6.03 Å². The third-order valence-corrected chi connectivity index (χ3v) is 5.90. The number of nitrogens with zero attached hydrogens (tertiary/aromatic N) is 1. The van der Waals surface area contributed by atoms with Gasteiger partial charge in [-0.2, -0.15) is 0 Å². The molecule has 1 fully saturated rings. The average molecular weight is 276 g/mol. The Bertz CT molecular complexity index is 398. The Labute approximate surface area is 110 Å². The number of rotatable bonds is 3. The molecule has 0 radical (unpaired) electrons. The van der Waals surface area contributed by atoms with Crippen LogP contribution in [0, 0.1) is 5.92 Å². The normalized spacial score (nSPS) is 21.1. The molecular weight excluding hydrogens is 252 g/mol. The number of carbonyl (C=O) groups is 1. The lowest BCUT2D eigenvalue weighted by Crippen LogP contribution is -2.42. The van der Waals surface area contributed by atoms with Crippen molar-refractivity contribution in [2.45, 2.75) is 38.9 Å². The summed E-state index contributed by atoms with van der Waals surface area (Å²) in [5.41, 5.74) is 0. The van der Waals surface area contributed by atoms with Crippen molar-refractivity contribution in [2.75, 3.05) is 25.4 Å². The van der Waals surface area contributed by atoms with Gasteiger partial charge in [0.1, 0.15) is 0 Å². The van der Waals surface area contributed by atoms with Gasteiger partial charge in [0.2, 0.25) is 0 Å². The van der Waals surface area contributed by atoms with Gasteiger partial charge in [0.25, 0.3) is 0 Å². The van der Waals surface area contributed by atoms with E-state index in [1.807, 2.05) is 0 Å². The van der Waals surface area contributed by atoms with Gasteiger partial charge in [-0.25, -0.2) is 13.2 Å². The average Bonchev–Trinajstić information content (AvgIpc) is 2.62. The fourth-order valence-electron chi connectivity index (χ4n) is 1.83. The van der Waals surface area contributed by atoms with Crippen molar-refractivity contribution in [3.05, 3.63) is 0 Å². The van der Waals surface area contributed by atoms with Crippen molar-refractivity contribution >= 4 is 15.9 Å². The highest BCUT2D eigenvalue weighted by atomic mass is 32.2. The van der Waals surface area contributed by atoms with E-state index in [9.17, 15) is 13.2 Å². The second kappa shape index (κ2) is 5.47. The molecule has 106 valence electrons. The molecule has 0 aromatic rings. The minimum absolute atomic E-state index is 0.00830. The van der Waals surface area contributed by atoms with Crippen LogP contribution in [0.1, 0.15) is 34.1 Å². The highest BCUT2D eigenvalue weighted by Crippen LogP contribution is 2.16. The Morgan fingerprint density at radius 1 is 1.39 bits per heavy atom. The zero-order valence-corrected chi connectivity index (χ0v) is 12.5. The van der Waals surface area contributed by atoms with Crippen molar-refractivity contribution in [2.24, 2.45) is 5.92 Å². The van der Waals surface area contributed by atoms with Gasteiger partial charge in [-0.15, -0.1) is 0 Å². The maximum Gasteiger partial charge on any atom is 0.317 e. The predicted molar refractivity (Wildman–Crippen MR) is 72.3 cm³/mol. The zero-order chi connectivity index (χ0) is 14.0. The molecule has 0 bridgehead atoms. The molecule has 2 amide bonds. The number of carbonyl (C=O) groups excluding carboxylic acids is 1. The van der Waals surface area contributed by atoms with Crippen LogP contribution in [0.4, 0.5) is 4.79 Å². The first kappa shape index (κ1) is 15.3. The van der Waals surface area contributed by atoms with E-state index in [-0.39, 0.29) is 18.3 Å². The number of likely N-dealkylation sites (tertiary alicyclic amines) is 1. The van der Waals surface area contributed by atoms with Crippen LogP contribution >= 0.6 is 0 Å². The maximum absolute atomic E-state index is 11.8. The van der Waals surface area contributed by atoms with Gasteiger partial charge in [0, 0.05) is 19.6 Å². The number of sulfone groups is 1. The first-order valence-corrected chi connectivity index (χ1v) is 8.04. The molecule has 0 aromatic heterocycles. The van der Waals surface area contributed by atoms with E-state index in [0.29, 0.717) is 5.92 Å². The smallest absolute Gasteiger partial charge is 0.317 e. The molecule has 0 saturated carbocycles. The van der Waals surface area contributed by atoms with E-state index in [1.54, 1.807) is 25.7 Å². The third-order valence-electron chi connectivity index (χ3n) is 3.29. The fraction of sp³-hybridized carbons (Fsp3) is 0.917. The van der Waals surface area contributed by atoms with Crippen LogP contribution in [-0.2, 0) is 9.84 Å². The zero-order valence-electron chi connectivity index (χ0n) is 11.7. The molecule has 1 aliphatic rings. The second-order valence-electron chi connectivity index (χ2n) is 6.00. The Balaban J connectivity index is 2.37. The molecule has 1 aliphatic heterocycles. The summed E-state index contributed by atoms with van der Waals surface area (Å²) in [4.78, 5) is 13.5. The quantitative estimate of drug-likeness (QED) is 0.843. The molecule has 1 N–H and O–H groups in total. The number of nitrogens with one attached hydrogen (secondary N) is 1. The molecule has 1 unspecified atom stereocenters. The molecule has 1 atom stereocenters. The van der Waals surface area contributed by atoms with Crippen LogP contribution < -0.4 is 5.32 Å². The van der Waals surface area contributed by atoms with Crippen molar-refractivity contribution in [1.29, 1.82) is 0 Å². The largest absolute Gasteiger partial charge is 0.337 e. The molecule has 1 heterocycles. The van der Waals surface area contributed by atoms with Crippen LogP contribution in [0.5, 0.6) is 0 Å². The summed E-state index contributed by atoms with van der Waals surface area (Å²) >= 11 is 0. The number of hydrogen-bond donors (Lipinski definition) is 1. The van der Waals surface area contributed by atoms with E-state index in [2.05, 4.69) is 12.2 Å². The highest BCUT2D eigenvalue weighted by Gasteiger charge is 2.29. The molecule has 5 nitrogen and oxygen atoms in total. The van der Waals surface area contributed by atoms with Crippen molar-refractivity contribution < 1.29 is 13.2 Å². The first-order chi connectivity index (χ1) is 8.13. The monoisotopic (exact) mass is 276 g/mol. The lowest BCUT2D eigenvalue weighted by Gasteiger charge is -2.20. The van der Waals surface area contributed by atoms with Crippen molar-refractivity contribution in [1.82, 2.24) is 10.2 Å². The summed E-state index contributed by atoms with van der Waals surface area (Å²) in [6, 6.07) is -0.150. The Kier molecular flexibility index (Phi) is 4.64. The van der Waals surface area contributed by atoms with Gasteiger partial charge in [0.15, 0.2) is 9.84 Å². The lowest BCUT2D eigenvalue weighted by molar-refractivity contribution is 0.208. The highest BCUT2D eigenvalue weighted by molar-refractivity contribution is 7.92.